The van der Waals surface area contributed by atoms with E-state index in [0.29, 0.717) is 11.5 Å². The number of nitrogen functional groups attached to an aromatic ring is 1. The van der Waals surface area contributed by atoms with Crippen molar-refractivity contribution < 1.29 is 0 Å². The minimum atomic E-state index is 0.695. The van der Waals surface area contributed by atoms with Gasteiger partial charge in [-0.05, 0) is 7.05 Å². The average molecular weight is 241 g/mol. The highest BCUT2D eigenvalue weighted by molar-refractivity contribution is 7.09. The minimum Gasteiger partial charge on any atom is -0.388 e. The van der Waals surface area contributed by atoms with Crippen molar-refractivity contribution >= 4 is 27.9 Å². The highest BCUT2D eigenvalue weighted by Crippen LogP contribution is 2.15. The van der Waals surface area contributed by atoms with E-state index in [1.165, 1.54) is 11.5 Å². The average Bonchev–Trinajstić information content (AvgIpc) is 2.79. The van der Waals surface area contributed by atoms with Crippen LogP contribution in [0.25, 0.3) is 0 Å². The van der Waals surface area contributed by atoms with Crippen LogP contribution in [0, 0.1) is 0 Å². The van der Waals surface area contributed by atoms with Crippen molar-refractivity contribution in [3.05, 3.63) is 22.3 Å². The van der Waals surface area contributed by atoms with Crippen LogP contribution in [0.4, 0.5) is 5.00 Å². The summed E-state index contributed by atoms with van der Waals surface area (Å²) in [5, 5.41) is 6.70. The van der Waals surface area contributed by atoms with E-state index >= 15 is 0 Å². The Morgan fingerprint density at radius 3 is 2.93 bits per heavy atom. The molecule has 0 amide bonds. The molecular weight excluding hydrogens is 230 g/mol. The van der Waals surface area contributed by atoms with E-state index in [1.54, 1.807) is 11.3 Å². The first-order chi connectivity index (χ1) is 7.25. The lowest BCUT2D eigenvalue weighted by molar-refractivity contribution is 0.312. The summed E-state index contributed by atoms with van der Waals surface area (Å²) in [4.78, 5) is 6.33. The highest BCUT2D eigenvalue weighted by Gasteiger charge is 2.08. The van der Waals surface area contributed by atoms with E-state index < -0.39 is 0 Å². The molecule has 0 saturated carbocycles. The van der Waals surface area contributed by atoms with Gasteiger partial charge in [0.05, 0.1) is 11.2 Å². The zero-order valence-corrected chi connectivity index (χ0v) is 9.88. The number of nitrogens with two attached hydrogens (primary N) is 1. The number of hydrogen-bond acceptors (Lipinski definition) is 7. The van der Waals surface area contributed by atoms with Crippen LogP contribution in [0.2, 0.25) is 0 Å². The van der Waals surface area contributed by atoms with Gasteiger partial charge in [-0.2, -0.15) is 0 Å². The Kier molecular flexibility index (Phi) is 3.24. The largest absolute Gasteiger partial charge is 0.388 e. The second kappa shape index (κ2) is 4.65. The van der Waals surface area contributed by atoms with Gasteiger partial charge in [-0.25, -0.2) is 4.98 Å². The number of aromatic nitrogens is 3. The van der Waals surface area contributed by atoms with Crippen LogP contribution < -0.4 is 5.73 Å². The molecule has 5 nitrogen and oxygen atoms in total. The third-order valence-corrected chi connectivity index (χ3v) is 3.15. The lowest BCUT2D eigenvalue weighted by atomic mass is 10.4. The predicted octanol–water partition coefficient (Wildman–Crippen LogP) is 1.21. The zero-order chi connectivity index (χ0) is 10.7. The van der Waals surface area contributed by atoms with Crippen LogP contribution in [0.15, 0.2) is 10.9 Å². The fourth-order valence-electron chi connectivity index (χ4n) is 1.23. The molecule has 7 heteroatoms. The molecule has 0 saturated heterocycles. The minimum absolute atomic E-state index is 0.695. The Morgan fingerprint density at radius 1 is 1.47 bits per heavy atom. The molecule has 0 aromatic carbocycles. The molecule has 0 atom stereocenters. The van der Waals surface area contributed by atoms with Gasteiger partial charge in [0, 0.05) is 30.0 Å². The van der Waals surface area contributed by atoms with E-state index in [4.69, 9.17) is 5.73 Å². The van der Waals surface area contributed by atoms with E-state index in [-0.39, 0.29) is 0 Å². The SMILES string of the molecule is CN(Cc1cscn1)Cc1nnsc1N. The molecule has 0 bridgehead atoms. The van der Waals surface area contributed by atoms with Gasteiger partial charge in [0.25, 0.3) is 0 Å². The summed E-state index contributed by atoms with van der Waals surface area (Å²) in [6.45, 7) is 1.51. The summed E-state index contributed by atoms with van der Waals surface area (Å²) in [6, 6.07) is 0. The van der Waals surface area contributed by atoms with Gasteiger partial charge in [0.2, 0.25) is 0 Å². The van der Waals surface area contributed by atoms with Crippen molar-refractivity contribution in [2.24, 2.45) is 0 Å². The van der Waals surface area contributed by atoms with E-state index in [0.717, 1.165) is 17.9 Å². The molecule has 0 aliphatic heterocycles. The summed E-state index contributed by atoms with van der Waals surface area (Å²) in [6.07, 6.45) is 0. The Balaban J connectivity index is 1.93. The van der Waals surface area contributed by atoms with Crippen molar-refractivity contribution in [3.63, 3.8) is 0 Å². The van der Waals surface area contributed by atoms with Gasteiger partial charge < -0.3 is 5.73 Å². The molecule has 0 spiro atoms. The molecule has 0 radical (unpaired) electrons. The fraction of sp³-hybridized carbons (Fsp3) is 0.375. The maximum absolute atomic E-state index is 5.72. The fourth-order valence-corrected chi connectivity index (χ4v) is 2.22. The third-order valence-electron chi connectivity index (χ3n) is 1.92. The summed E-state index contributed by atoms with van der Waals surface area (Å²) in [5.41, 5.74) is 9.47. The third kappa shape index (κ3) is 2.71. The maximum Gasteiger partial charge on any atom is 0.132 e. The quantitative estimate of drug-likeness (QED) is 0.871. The molecule has 0 aliphatic carbocycles. The first kappa shape index (κ1) is 10.5. The number of hydrogen-bond donors (Lipinski definition) is 1. The predicted molar refractivity (Wildman–Crippen MR) is 61.6 cm³/mol. The number of thiazole rings is 1. The molecule has 2 rings (SSSR count). The second-order valence-electron chi connectivity index (χ2n) is 3.24. The molecule has 0 fully saturated rings. The lowest BCUT2D eigenvalue weighted by Crippen LogP contribution is -2.18. The molecule has 2 aromatic rings. The van der Waals surface area contributed by atoms with Crippen LogP contribution in [0.3, 0.4) is 0 Å². The molecule has 2 aromatic heterocycles. The van der Waals surface area contributed by atoms with Crippen molar-refractivity contribution in [1.29, 1.82) is 0 Å². The van der Waals surface area contributed by atoms with Crippen molar-refractivity contribution in [3.8, 4) is 0 Å². The molecular formula is C8H11N5S2. The van der Waals surface area contributed by atoms with E-state index in [2.05, 4.69) is 19.5 Å². The van der Waals surface area contributed by atoms with Crippen molar-refractivity contribution in [1.82, 2.24) is 19.5 Å². The van der Waals surface area contributed by atoms with Crippen LogP contribution in [-0.2, 0) is 13.1 Å². The van der Waals surface area contributed by atoms with Gasteiger partial charge >= 0.3 is 0 Å². The molecule has 2 heterocycles. The molecule has 15 heavy (non-hydrogen) atoms. The van der Waals surface area contributed by atoms with Gasteiger partial charge in [0.1, 0.15) is 10.7 Å². The van der Waals surface area contributed by atoms with E-state index in [1.807, 2.05) is 17.9 Å². The summed E-state index contributed by atoms with van der Waals surface area (Å²) in [7, 11) is 2.01. The highest BCUT2D eigenvalue weighted by atomic mass is 32.1. The second-order valence-corrected chi connectivity index (χ2v) is 4.74. The Labute approximate surface area is 95.7 Å². The zero-order valence-electron chi connectivity index (χ0n) is 8.25. The Morgan fingerprint density at radius 2 is 2.33 bits per heavy atom. The van der Waals surface area contributed by atoms with Crippen LogP contribution in [0.5, 0.6) is 0 Å². The molecule has 80 valence electrons. The number of rotatable bonds is 4. The topological polar surface area (TPSA) is 67.9 Å². The molecule has 0 unspecified atom stereocenters. The first-order valence-electron chi connectivity index (χ1n) is 4.38. The summed E-state index contributed by atoms with van der Waals surface area (Å²) < 4.78 is 3.80. The van der Waals surface area contributed by atoms with Crippen molar-refractivity contribution in [2.75, 3.05) is 12.8 Å². The van der Waals surface area contributed by atoms with Crippen LogP contribution in [0.1, 0.15) is 11.4 Å². The Bertz CT molecular complexity index is 410. The summed E-state index contributed by atoms with van der Waals surface area (Å²) in [5.74, 6) is 0. The maximum atomic E-state index is 5.72. The lowest BCUT2D eigenvalue weighted by Gasteiger charge is -2.13. The van der Waals surface area contributed by atoms with E-state index in [9.17, 15) is 0 Å². The van der Waals surface area contributed by atoms with Crippen LogP contribution >= 0.6 is 22.9 Å². The first-order valence-corrected chi connectivity index (χ1v) is 6.09. The Hall–Kier alpha value is -1.05. The monoisotopic (exact) mass is 241 g/mol. The van der Waals surface area contributed by atoms with Gasteiger partial charge in [0.15, 0.2) is 0 Å². The molecule has 0 aliphatic rings. The van der Waals surface area contributed by atoms with Crippen molar-refractivity contribution in [2.45, 2.75) is 13.1 Å². The van der Waals surface area contributed by atoms with Gasteiger partial charge in [-0.15, -0.1) is 16.4 Å². The molecule has 2 N–H and O–H groups in total. The normalized spacial score (nSPS) is 11.1. The summed E-state index contributed by atoms with van der Waals surface area (Å²) >= 11 is 2.84. The standard InChI is InChI=1S/C8H11N5S2/c1-13(2-6-4-14-5-10-6)3-7-8(9)15-12-11-7/h4-5H,2-3,9H2,1H3. The van der Waals surface area contributed by atoms with Gasteiger partial charge in [-0.3, -0.25) is 4.90 Å². The van der Waals surface area contributed by atoms with Gasteiger partial charge in [-0.1, -0.05) is 4.49 Å². The number of nitrogens with zero attached hydrogens (tertiary/aromatic N) is 4. The van der Waals surface area contributed by atoms with Crippen LogP contribution in [-0.4, -0.2) is 26.5 Å². The smallest absolute Gasteiger partial charge is 0.132 e. The number of anilines is 1.